The molecule has 0 atom stereocenters. The van der Waals surface area contributed by atoms with E-state index < -0.39 is 10.0 Å². The Hall–Kier alpha value is -0.440. The third-order valence-electron chi connectivity index (χ3n) is 1.85. The van der Waals surface area contributed by atoms with Crippen molar-refractivity contribution in [3.05, 3.63) is 32.7 Å². The van der Waals surface area contributed by atoms with E-state index in [0.29, 0.717) is 10.0 Å². The highest BCUT2D eigenvalue weighted by Gasteiger charge is 2.10. The fraction of sp³-hybridized carbons (Fsp3) is 0.222. The second-order valence-electron chi connectivity index (χ2n) is 3.25. The van der Waals surface area contributed by atoms with Crippen LogP contribution < -0.4 is 10.5 Å². The second kappa shape index (κ2) is 5.94. The molecule has 1 aromatic carbocycles. The minimum atomic E-state index is -3.55. The number of nitrogens with one attached hydrogen (secondary N) is 1. The standard InChI is InChI=1S/C9H10Br2N2O3S/c10-6-1-2-7(8(11)5-6)9(14)13-3-4-17(12,15)16/h1-2,5H,3-4H2,(H,13,14)(H2,12,15,16). The van der Waals surface area contributed by atoms with Gasteiger partial charge in [-0.3, -0.25) is 4.79 Å². The monoisotopic (exact) mass is 384 g/mol. The molecule has 17 heavy (non-hydrogen) atoms. The molecule has 94 valence electrons. The third-order valence-corrected chi connectivity index (χ3v) is 3.77. The van der Waals surface area contributed by atoms with E-state index in [9.17, 15) is 13.2 Å². The molecule has 8 heteroatoms. The van der Waals surface area contributed by atoms with E-state index in [1.165, 1.54) is 0 Å². The molecule has 1 rings (SSSR count). The predicted octanol–water partition coefficient (Wildman–Crippen LogP) is 1.23. The first-order chi connectivity index (χ1) is 7.79. The van der Waals surface area contributed by atoms with E-state index in [-0.39, 0.29) is 18.2 Å². The molecule has 0 saturated heterocycles. The maximum absolute atomic E-state index is 11.7. The van der Waals surface area contributed by atoms with Crippen LogP contribution in [0.3, 0.4) is 0 Å². The first kappa shape index (κ1) is 14.6. The number of hydrogen-bond acceptors (Lipinski definition) is 3. The van der Waals surface area contributed by atoms with Crippen LogP contribution in [0.25, 0.3) is 0 Å². The number of carbonyl (C=O) groups is 1. The van der Waals surface area contributed by atoms with Gasteiger partial charge in [-0.15, -0.1) is 0 Å². The molecule has 0 heterocycles. The summed E-state index contributed by atoms with van der Waals surface area (Å²) in [5.41, 5.74) is 0.433. The molecule has 5 nitrogen and oxygen atoms in total. The van der Waals surface area contributed by atoms with Crippen LogP contribution in [0.2, 0.25) is 0 Å². The summed E-state index contributed by atoms with van der Waals surface area (Å²) in [5.74, 6) is -0.639. The number of hydrogen-bond donors (Lipinski definition) is 2. The molecule has 0 radical (unpaired) electrons. The van der Waals surface area contributed by atoms with Crippen molar-refractivity contribution < 1.29 is 13.2 Å². The van der Waals surface area contributed by atoms with Crippen LogP contribution in [0.1, 0.15) is 10.4 Å². The Bertz CT molecular complexity index is 531. The van der Waals surface area contributed by atoms with Crippen LogP contribution in [-0.4, -0.2) is 26.6 Å². The molecule has 0 aliphatic carbocycles. The smallest absolute Gasteiger partial charge is 0.252 e. The summed E-state index contributed by atoms with van der Waals surface area (Å²) in [6.07, 6.45) is 0. The normalized spacial score (nSPS) is 11.2. The minimum Gasteiger partial charge on any atom is -0.351 e. The summed E-state index contributed by atoms with van der Waals surface area (Å²) in [4.78, 5) is 11.7. The van der Waals surface area contributed by atoms with Gasteiger partial charge < -0.3 is 5.32 Å². The van der Waals surface area contributed by atoms with E-state index in [0.717, 1.165) is 4.47 Å². The van der Waals surface area contributed by atoms with E-state index in [1.807, 2.05) is 0 Å². The third kappa shape index (κ3) is 5.15. The van der Waals surface area contributed by atoms with Gasteiger partial charge in [0.25, 0.3) is 5.91 Å². The molecule has 1 aromatic rings. The Morgan fingerprint density at radius 1 is 1.35 bits per heavy atom. The lowest BCUT2D eigenvalue weighted by molar-refractivity contribution is 0.0955. The maximum atomic E-state index is 11.7. The minimum absolute atomic E-state index is 0.0137. The molecule has 1 amide bonds. The molecular formula is C9H10Br2N2O3S. The zero-order valence-electron chi connectivity index (χ0n) is 8.61. The molecule has 0 spiro atoms. The Labute approximate surface area is 116 Å². The van der Waals surface area contributed by atoms with E-state index in [2.05, 4.69) is 37.2 Å². The molecule has 0 unspecified atom stereocenters. The van der Waals surface area contributed by atoms with E-state index in [1.54, 1.807) is 18.2 Å². The number of primary sulfonamides is 1. The zero-order valence-corrected chi connectivity index (χ0v) is 12.6. The van der Waals surface area contributed by atoms with Crippen LogP contribution in [-0.2, 0) is 10.0 Å². The zero-order chi connectivity index (χ0) is 13.1. The summed E-state index contributed by atoms with van der Waals surface area (Å²) in [6, 6.07) is 5.08. The number of sulfonamides is 1. The summed E-state index contributed by atoms with van der Waals surface area (Å²) in [5, 5.41) is 7.29. The van der Waals surface area contributed by atoms with Crippen molar-refractivity contribution in [1.82, 2.24) is 5.32 Å². The van der Waals surface area contributed by atoms with E-state index >= 15 is 0 Å². The first-order valence-electron chi connectivity index (χ1n) is 4.53. The fourth-order valence-corrected chi connectivity index (χ4v) is 2.69. The molecule has 0 aliphatic heterocycles. The van der Waals surface area contributed by atoms with Crippen molar-refractivity contribution in [3.8, 4) is 0 Å². The van der Waals surface area contributed by atoms with Crippen LogP contribution in [0.15, 0.2) is 27.1 Å². The van der Waals surface area contributed by atoms with Gasteiger partial charge in [0.05, 0.1) is 11.3 Å². The number of halogens is 2. The van der Waals surface area contributed by atoms with Crippen LogP contribution in [0, 0.1) is 0 Å². The number of amides is 1. The second-order valence-corrected chi connectivity index (χ2v) is 6.75. The Kier molecular flexibility index (Phi) is 5.11. The van der Waals surface area contributed by atoms with Crippen molar-refractivity contribution >= 4 is 47.8 Å². The predicted molar refractivity (Wildman–Crippen MR) is 72.1 cm³/mol. The maximum Gasteiger partial charge on any atom is 0.252 e. The topological polar surface area (TPSA) is 89.3 Å². The summed E-state index contributed by atoms with van der Waals surface area (Å²) in [7, 11) is -3.55. The Balaban J connectivity index is 2.65. The van der Waals surface area contributed by atoms with Gasteiger partial charge in [-0.1, -0.05) is 15.9 Å². The van der Waals surface area contributed by atoms with Crippen molar-refractivity contribution in [2.45, 2.75) is 0 Å². The lowest BCUT2D eigenvalue weighted by Gasteiger charge is -2.06. The number of carbonyl (C=O) groups excluding carboxylic acids is 1. The summed E-state index contributed by atoms with van der Waals surface area (Å²) < 4.78 is 22.8. The molecule has 0 saturated carbocycles. The first-order valence-corrected chi connectivity index (χ1v) is 7.83. The lowest BCUT2D eigenvalue weighted by atomic mass is 10.2. The van der Waals surface area contributed by atoms with Gasteiger partial charge in [-0.25, -0.2) is 13.6 Å². The number of nitrogens with two attached hydrogens (primary N) is 1. The quantitative estimate of drug-likeness (QED) is 0.816. The van der Waals surface area contributed by atoms with Crippen LogP contribution in [0.4, 0.5) is 0 Å². The highest BCUT2D eigenvalue weighted by molar-refractivity contribution is 9.11. The van der Waals surface area contributed by atoms with Crippen molar-refractivity contribution in [2.75, 3.05) is 12.3 Å². The molecule has 0 fully saturated rings. The number of rotatable bonds is 4. The lowest BCUT2D eigenvalue weighted by Crippen LogP contribution is -2.31. The van der Waals surface area contributed by atoms with Crippen molar-refractivity contribution in [2.24, 2.45) is 5.14 Å². The molecule has 0 bridgehead atoms. The summed E-state index contributed by atoms with van der Waals surface area (Å²) in [6.45, 7) is -0.0137. The fourth-order valence-electron chi connectivity index (χ4n) is 1.08. The van der Waals surface area contributed by atoms with Gasteiger partial charge in [0.1, 0.15) is 0 Å². The molecular weight excluding hydrogens is 376 g/mol. The van der Waals surface area contributed by atoms with E-state index in [4.69, 9.17) is 5.14 Å². The SMILES string of the molecule is NS(=O)(=O)CCNC(=O)c1ccc(Br)cc1Br. The van der Waals surface area contributed by atoms with Crippen molar-refractivity contribution in [1.29, 1.82) is 0 Å². The average molecular weight is 386 g/mol. The highest BCUT2D eigenvalue weighted by atomic mass is 79.9. The van der Waals surface area contributed by atoms with Gasteiger partial charge >= 0.3 is 0 Å². The largest absolute Gasteiger partial charge is 0.351 e. The van der Waals surface area contributed by atoms with Crippen molar-refractivity contribution in [3.63, 3.8) is 0 Å². The summed E-state index contributed by atoms with van der Waals surface area (Å²) >= 11 is 6.51. The highest BCUT2D eigenvalue weighted by Crippen LogP contribution is 2.21. The van der Waals surface area contributed by atoms with Gasteiger partial charge in [0.15, 0.2) is 0 Å². The van der Waals surface area contributed by atoms with Crippen LogP contribution in [0.5, 0.6) is 0 Å². The molecule has 3 N–H and O–H groups in total. The molecule has 0 aliphatic rings. The van der Waals surface area contributed by atoms with Gasteiger partial charge in [0.2, 0.25) is 10.0 Å². The van der Waals surface area contributed by atoms with Crippen LogP contribution >= 0.6 is 31.9 Å². The van der Waals surface area contributed by atoms with Gasteiger partial charge in [-0.05, 0) is 34.1 Å². The average Bonchev–Trinajstić information content (AvgIpc) is 2.15. The Morgan fingerprint density at radius 3 is 2.53 bits per heavy atom. The Morgan fingerprint density at radius 2 is 2.00 bits per heavy atom. The molecule has 0 aromatic heterocycles. The van der Waals surface area contributed by atoms with Gasteiger partial charge in [0, 0.05) is 15.5 Å². The number of benzene rings is 1. The van der Waals surface area contributed by atoms with Gasteiger partial charge in [-0.2, -0.15) is 0 Å².